The number of alkyl halides is 1. The molecule has 0 unspecified atom stereocenters. The molecule has 1 rings (SSSR count). The quantitative estimate of drug-likeness (QED) is 0.718. The first-order valence-corrected chi connectivity index (χ1v) is 6.11. The minimum absolute atomic E-state index is 0.0562. The van der Waals surface area contributed by atoms with Crippen molar-refractivity contribution in [2.45, 2.75) is 11.3 Å². The number of hydrogen-bond acceptors (Lipinski definition) is 5. The molecule has 0 bridgehead atoms. The maximum Gasteiger partial charge on any atom is 0.228 e. The number of nitrogens with zero attached hydrogens (tertiary/aromatic N) is 2. The van der Waals surface area contributed by atoms with Crippen LogP contribution in [0.1, 0.15) is 5.82 Å². The fraction of sp³-hybridized carbons (Fsp3) is 0.600. The molecule has 4 nitrogen and oxygen atoms in total. The molecule has 1 heterocycles. The lowest BCUT2D eigenvalue weighted by Crippen LogP contribution is -2.07. The highest BCUT2D eigenvalue weighted by molar-refractivity contribution is 7.93. The minimum Gasteiger partial charge on any atom is -0.221 e. The van der Waals surface area contributed by atoms with E-state index in [1.54, 1.807) is 6.92 Å². The largest absolute Gasteiger partial charge is 0.228 e. The Labute approximate surface area is 79.7 Å². The molecule has 0 aromatic carbocycles. The molecule has 7 heteroatoms. The molecule has 0 atom stereocenters. The number of hydrogen-bond donors (Lipinski definition) is 0. The van der Waals surface area contributed by atoms with Crippen molar-refractivity contribution in [2.24, 2.45) is 0 Å². The van der Waals surface area contributed by atoms with Gasteiger partial charge >= 0.3 is 0 Å². The van der Waals surface area contributed by atoms with E-state index in [2.05, 4.69) is 9.36 Å². The van der Waals surface area contributed by atoms with E-state index >= 15 is 0 Å². The molecule has 12 heavy (non-hydrogen) atoms. The van der Waals surface area contributed by atoms with Crippen LogP contribution in [0.25, 0.3) is 0 Å². The second kappa shape index (κ2) is 3.68. The van der Waals surface area contributed by atoms with Crippen molar-refractivity contribution in [2.75, 3.05) is 11.6 Å². The first kappa shape index (κ1) is 9.88. The van der Waals surface area contributed by atoms with Crippen LogP contribution in [0, 0.1) is 6.92 Å². The van der Waals surface area contributed by atoms with Gasteiger partial charge in [0.1, 0.15) is 5.82 Å². The van der Waals surface area contributed by atoms with Crippen LogP contribution in [-0.4, -0.2) is 29.4 Å². The summed E-state index contributed by atoms with van der Waals surface area (Å²) in [5.41, 5.74) is 0. The summed E-state index contributed by atoms with van der Waals surface area (Å²) < 4.78 is 26.4. The number of aryl methyl sites for hydroxylation is 1. The van der Waals surface area contributed by atoms with Crippen LogP contribution in [0.3, 0.4) is 0 Å². The lowest BCUT2D eigenvalue weighted by molar-refractivity contribution is 0.596. The van der Waals surface area contributed by atoms with Crippen molar-refractivity contribution in [1.29, 1.82) is 0 Å². The average molecular weight is 227 g/mol. The molecule has 0 radical (unpaired) electrons. The van der Waals surface area contributed by atoms with Gasteiger partial charge in [-0.2, -0.15) is 4.37 Å². The van der Waals surface area contributed by atoms with Gasteiger partial charge in [0.2, 0.25) is 14.2 Å². The third kappa shape index (κ3) is 2.15. The van der Waals surface area contributed by atoms with Crippen LogP contribution in [0.4, 0.5) is 0 Å². The summed E-state index contributed by atoms with van der Waals surface area (Å²) in [5.74, 6) is 0.484. The molecule has 0 fully saturated rings. The average Bonchev–Trinajstić information content (AvgIpc) is 2.36. The number of halogens is 1. The smallest absolute Gasteiger partial charge is 0.221 e. The van der Waals surface area contributed by atoms with Gasteiger partial charge in [-0.15, -0.1) is 11.6 Å². The first-order valence-electron chi connectivity index (χ1n) is 3.15. The number of aromatic nitrogens is 2. The van der Waals surface area contributed by atoms with Crippen LogP contribution in [0.15, 0.2) is 4.34 Å². The summed E-state index contributed by atoms with van der Waals surface area (Å²) in [6.45, 7) is 1.65. The third-order valence-corrected chi connectivity index (χ3v) is 4.49. The number of rotatable bonds is 3. The van der Waals surface area contributed by atoms with E-state index in [1.165, 1.54) is 0 Å². The Balaban J connectivity index is 2.98. The summed E-state index contributed by atoms with van der Waals surface area (Å²) >= 11 is 6.21. The van der Waals surface area contributed by atoms with Crippen LogP contribution >= 0.6 is 23.1 Å². The molecule has 0 aliphatic heterocycles. The summed E-state index contributed by atoms with van der Waals surface area (Å²) in [7, 11) is -3.28. The van der Waals surface area contributed by atoms with E-state index in [0.29, 0.717) is 5.82 Å². The molecule has 0 saturated carbocycles. The molecule has 0 saturated heterocycles. The summed E-state index contributed by atoms with van der Waals surface area (Å²) in [5, 5.41) is 0. The molecule has 68 valence electrons. The van der Waals surface area contributed by atoms with Crippen molar-refractivity contribution in [3.05, 3.63) is 5.82 Å². The molecule has 0 amide bonds. The van der Waals surface area contributed by atoms with Crippen LogP contribution in [-0.2, 0) is 9.84 Å². The Morgan fingerprint density at radius 2 is 2.25 bits per heavy atom. The Morgan fingerprint density at radius 3 is 2.67 bits per heavy atom. The molecule has 0 aliphatic rings. The van der Waals surface area contributed by atoms with Gasteiger partial charge in [0, 0.05) is 5.88 Å². The van der Waals surface area contributed by atoms with Gasteiger partial charge in [-0.25, -0.2) is 13.4 Å². The van der Waals surface area contributed by atoms with E-state index in [0.717, 1.165) is 11.5 Å². The second-order valence-corrected chi connectivity index (χ2v) is 5.53. The van der Waals surface area contributed by atoms with Gasteiger partial charge < -0.3 is 0 Å². The van der Waals surface area contributed by atoms with Gasteiger partial charge in [0.25, 0.3) is 0 Å². The van der Waals surface area contributed by atoms with E-state index in [1.807, 2.05) is 0 Å². The van der Waals surface area contributed by atoms with Crippen molar-refractivity contribution in [1.82, 2.24) is 9.36 Å². The molecular weight excluding hydrogens is 220 g/mol. The third-order valence-electron chi connectivity index (χ3n) is 1.12. The Hall–Kier alpha value is -0.200. The standard InChI is InChI=1S/C5H7ClN2O2S2/c1-4-7-5(11-8-4)12(9,10)3-2-6/h2-3H2,1H3. The predicted molar refractivity (Wildman–Crippen MR) is 47.4 cm³/mol. The molecular formula is C5H7ClN2O2S2. The van der Waals surface area contributed by atoms with Gasteiger partial charge in [-0.3, -0.25) is 0 Å². The molecule has 0 N–H and O–H groups in total. The zero-order valence-electron chi connectivity index (χ0n) is 6.32. The fourth-order valence-corrected chi connectivity index (χ4v) is 3.09. The van der Waals surface area contributed by atoms with Gasteiger partial charge in [0.05, 0.1) is 5.75 Å². The lowest BCUT2D eigenvalue weighted by Gasteiger charge is -1.93. The van der Waals surface area contributed by atoms with Gasteiger partial charge in [-0.1, -0.05) is 0 Å². The van der Waals surface area contributed by atoms with Gasteiger partial charge in [0.15, 0.2) is 0 Å². The highest BCUT2D eigenvalue weighted by atomic mass is 35.5. The fourth-order valence-electron chi connectivity index (χ4n) is 0.593. The predicted octanol–water partition coefficient (Wildman–Crippen LogP) is 0.859. The number of sulfone groups is 1. The van der Waals surface area contributed by atoms with E-state index in [-0.39, 0.29) is 16.0 Å². The van der Waals surface area contributed by atoms with Crippen molar-refractivity contribution in [3.63, 3.8) is 0 Å². The van der Waals surface area contributed by atoms with Crippen molar-refractivity contribution in [3.8, 4) is 0 Å². The molecule has 1 aromatic rings. The van der Waals surface area contributed by atoms with Crippen LogP contribution in [0.5, 0.6) is 0 Å². The summed E-state index contributed by atoms with van der Waals surface area (Å²) in [6, 6.07) is 0. The van der Waals surface area contributed by atoms with Crippen LogP contribution in [0.2, 0.25) is 0 Å². The molecule has 0 spiro atoms. The Kier molecular flexibility index (Phi) is 3.03. The van der Waals surface area contributed by atoms with Crippen molar-refractivity contribution >= 4 is 33.0 Å². The normalized spacial score (nSPS) is 11.8. The molecule has 0 aliphatic carbocycles. The van der Waals surface area contributed by atoms with E-state index in [4.69, 9.17) is 11.6 Å². The lowest BCUT2D eigenvalue weighted by atomic mass is 10.8. The van der Waals surface area contributed by atoms with Crippen LogP contribution < -0.4 is 0 Å². The minimum atomic E-state index is -3.28. The maximum absolute atomic E-state index is 11.3. The summed E-state index contributed by atoms with van der Waals surface area (Å²) in [4.78, 5) is 3.76. The Bertz CT molecular complexity index is 359. The Morgan fingerprint density at radius 1 is 1.58 bits per heavy atom. The summed E-state index contributed by atoms with van der Waals surface area (Å²) in [6.07, 6.45) is 0. The van der Waals surface area contributed by atoms with Gasteiger partial charge in [-0.05, 0) is 18.5 Å². The van der Waals surface area contributed by atoms with E-state index < -0.39 is 9.84 Å². The topological polar surface area (TPSA) is 59.9 Å². The SMILES string of the molecule is Cc1nsc(S(=O)(=O)CCCl)n1. The monoisotopic (exact) mass is 226 g/mol. The zero-order valence-corrected chi connectivity index (χ0v) is 8.71. The highest BCUT2D eigenvalue weighted by Gasteiger charge is 2.17. The van der Waals surface area contributed by atoms with Crippen molar-refractivity contribution < 1.29 is 8.42 Å². The first-order chi connectivity index (χ1) is 5.56. The zero-order chi connectivity index (χ0) is 9.19. The maximum atomic E-state index is 11.3. The van der Waals surface area contributed by atoms with E-state index in [9.17, 15) is 8.42 Å². The highest BCUT2D eigenvalue weighted by Crippen LogP contribution is 2.13. The second-order valence-electron chi connectivity index (χ2n) is 2.12. The molecule has 1 aromatic heterocycles.